The molecule has 0 amide bonds. The molecule has 1 atom stereocenters. The Hall–Kier alpha value is -0.560. The second kappa shape index (κ2) is 1.75. The van der Waals surface area contributed by atoms with E-state index in [4.69, 9.17) is 5.11 Å². The van der Waals surface area contributed by atoms with Gasteiger partial charge in [0.25, 0.3) is 0 Å². The third-order valence-electron chi connectivity index (χ3n) is 1.12. The van der Waals surface area contributed by atoms with Crippen LogP contribution < -0.4 is 0 Å². The molecule has 0 bridgehead atoms. The summed E-state index contributed by atoms with van der Waals surface area (Å²) in [6.07, 6.45) is 7.92. The van der Waals surface area contributed by atoms with Gasteiger partial charge in [-0.05, 0) is 13.3 Å². The van der Waals surface area contributed by atoms with Crippen LogP contribution in [0.2, 0.25) is 0 Å². The summed E-state index contributed by atoms with van der Waals surface area (Å²) in [5.74, 6) is 0. The van der Waals surface area contributed by atoms with Gasteiger partial charge in [0.15, 0.2) is 0 Å². The Bertz CT molecular complexity index is 131. The summed E-state index contributed by atoms with van der Waals surface area (Å²) >= 11 is 0. The maximum absolute atomic E-state index is 9.13. The Labute approximate surface area is 49.3 Å². The van der Waals surface area contributed by atoms with Gasteiger partial charge in [-0.15, -0.1) is 0 Å². The van der Waals surface area contributed by atoms with Crippen molar-refractivity contribution < 1.29 is 5.11 Å². The highest BCUT2D eigenvalue weighted by molar-refractivity contribution is 5.18. The minimum atomic E-state index is -0.839. The van der Waals surface area contributed by atoms with E-state index in [1.54, 1.807) is 12.2 Å². The van der Waals surface area contributed by atoms with E-state index in [0.29, 0.717) is 6.42 Å². The average Bonchev–Trinajstić information content (AvgIpc) is 1.65. The van der Waals surface area contributed by atoms with Gasteiger partial charge < -0.3 is 5.11 Å². The summed E-state index contributed by atoms with van der Waals surface area (Å²) in [5, 5.41) is 9.13. The smallest absolute Gasteiger partial charge is 0.0866 e. The van der Waals surface area contributed by atoms with Crippen LogP contribution in [-0.2, 0) is 0 Å². The zero-order valence-electron chi connectivity index (χ0n) is 4.67. The number of hydrogen-bond donors (Lipinski definition) is 1. The fourth-order valence-electron chi connectivity index (χ4n) is 0.653. The molecule has 1 aliphatic rings. The molecule has 0 saturated heterocycles. The summed E-state index contributed by atoms with van der Waals surface area (Å²) in [5.41, 5.74) is -0.839. The highest BCUT2D eigenvalue weighted by atomic mass is 16.3. The van der Waals surface area contributed by atoms with Crippen molar-refractivity contribution in [2.24, 2.45) is 0 Å². The molecule has 1 radical (unpaired) electrons. The van der Waals surface area contributed by atoms with E-state index < -0.39 is 5.60 Å². The Morgan fingerprint density at radius 3 is 2.50 bits per heavy atom. The van der Waals surface area contributed by atoms with E-state index in [-0.39, 0.29) is 0 Å². The van der Waals surface area contributed by atoms with Crippen LogP contribution in [0.25, 0.3) is 0 Å². The van der Waals surface area contributed by atoms with Gasteiger partial charge in [0, 0.05) is 0 Å². The van der Waals surface area contributed by atoms with E-state index in [1.807, 2.05) is 12.2 Å². The molecule has 43 valence electrons. The quantitative estimate of drug-likeness (QED) is 0.493. The predicted molar refractivity (Wildman–Crippen MR) is 33.2 cm³/mol. The molecule has 1 unspecified atom stereocenters. The molecule has 0 aliphatic heterocycles. The van der Waals surface area contributed by atoms with Crippen LogP contribution in [0.1, 0.15) is 6.42 Å². The first-order valence-electron chi connectivity index (χ1n) is 2.63. The Morgan fingerprint density at radius 2 is 2.25 bits per heavy atom. The van der Waals surface area contributed by atoms with Gasteiger partial charge in [-0.2, -0.15) is 0 Å². The number of allylic oxidation sites excluding steroid dienone is 2. The average molecular weight is 109 g/mol. The molecule has 0 aromatic carbocycles. The molecule has 1 N–H and O–H groups in total. The standard InChI is InChI=1S/C7H9O/c1-7(8)5-3-2-4-6-7/h2-5,8H,1,6H2. The molecule has 0 aromatic heterocycles. The maximum atomic E-state index is 9.13. The molecule has 0 spiro atoms. The minimum absolute atomic E-state index is 0.628. The topological polar surface area (TPSA) is 20.2 Å². The molecular formula is C7H9O. The molecule has 0 fully saturated rings. The van der Waals surface area contributed by atoms with Crippen molar-refractivity contribution in [3.05, 3.63) is 31.2 Å². The lowest BCUT2D eigenvalue weighted by atomic mass is 9.98. The number of rotatable bonds is 0. The van der Waals surface area contributed by atoms with Crippen molar-refractivity contribution >= 4 is 0 Å². The fourth-order valence-corrected chi connectivity index (χ4v) is 0.653. The van der Waals surface area contributed by atoms with Crippen molar-refractivity contribution in [3.63, 3.8) is 0 Å². The van der Waals surface area contributed by atoms with Crippen LogP contribution in [0, 0.1) is 6.92 Å². The van der Waals surface area contributed by atoms with Crippen molar-refractivity contribution in [2.45, 2.75) is 12.0 Å². The zero-order chi connectivity index (χ0) is 6.04. The van der Waals surface area contributed by atoms with E-state index in [0.717, 1.165) is 0 Å². The monoisotopic (exact) mass is 109 g/mol. The van der Waals surface area contributed by atoms with E-state index in [1.165, 1.54) is 0 Å². The van der Waals surface area contributed by atoms with Crippen molar-refractivity contribution in [2.75, 3.05) is 0 Å². The number of hydrogen-bond acceptors (Lipinski definition) is 1. The third-order valence-corrected chi connectivity index (χ3v) is 1.12. The van der Waals surface area contributed by atoms with Crippen molar-refractivity contribution in [3.8, 4) is 0 Å². The van der Waals surface area contributed by atoms with Crippen LogP contribution in [0.15, 0.2) is 24.3 Å². The Kier molecular flexibility index (Phi) is 1.22. The lowest BCUT2D eigenvalue weighted by Crippen LogP contribution is -2.20. The highest BCUT2D eigenvalue weighted by Crippen LogP contribution is 2.14. The summed E-state index contributed by atoms with van der Waals surface area (Å²) in [6.45, 7) is 3.55. The van der Waals surface area contributed by atoms with Gasteiger partial charge in [-0.25, -0.2) is 0 Å². The number of aliphatic hydroxyl groups is 1. The lowest BCUT2D eigenvalue weighted by molar-refractivity contribution is 0.142. The molecule has 1 heteroatoms. The Balaban J connectivity index is 2.65. The van der Waals surface area contributed by atoms with Crippen LogP contribution in [-0.4, -0.2) is 10.7 Å². The first-order valence-corrected chi connectivity index (χ1v) is 2.63. The molecule has 1 nitrogen and oxygen atoms in total. The summed E-state index contributed by atoms with van der Waals surface area (Å²) in [7, 11) is 0. The summed E-state index contributed by atoms with van der Waals surface area (Å²) < 4.78 is 0. The van der Waals surface area contributed by atoms with Crippen LogP contribution >= 0.6 is 0 Å². The molecule has 1 aliphatic carbocycles. The normalized spacial score (nSPS) is 35.8. The van der Waals surface area contributed by atoms with Crippen LogP contribution in [0.3, 0.4) is 0 Å². The minimum Gasteiger partial charge on any atom is -0.385 e. The zero-order valence-corrected chi connectivity index (χ0v) is 4.67. The lowest BCUT2D eigenvalue weighted by Gasteiger charge is -2.17. The van der Waals surface area contributed by atoms with Gasteiger partial charge in [0.1, 0.15) is 0 Å². The molecule has 0 heterocycles. The molecular weight excluding hydrogens is 100 g/mol. The highest BCUT2D eigenvalue weighted by Gasteiger charge is 2.14. The van der Waals surface area contributed by atoms with Crippen molar-refractivity contribution in [1.29, 1.82) is 0 Å². The molecule has 8 heavy (non-hydrogen) atoms. The van der Waals surface area contributed by atoms with E-state index in [9.17, 15) is 0 Å². The Morgan fingerprint density at radius 1 is 1.50 bits per heavy atom. The molecule has 0 aromatic rings. The second-order valence-electron chi connectivity index (χ2n) is 2.09. The summed E-state index contributed by atoms with van der Waals surface area (Å²) in [6, 6.07) is 0. The first kappa shape index (κ1) is 5.57. The van der Waals surface area contributed by atoms with E-state index >= 15 is 0 Å². The maximum Gasteiger partial charge on any atom is 0.0866 e. The van der Waals surface area contributed by atoms with E-state index in [2.05, 4.69) is 6.92 Å². The predicted octanol–water partition coefficient (Wildman–Crippen LogP) is 1.07. The fraction of sp³-hybridized carbons (Fsp3) is 0.286. The first-order chi connectivity index (χ1) is 3.71. The van der Waals surface area contributed by atoms with Gasteiger partial charge in [0.2, 0.25) is 0 Å². The van der Waals surface area contributed by atoms with Gasteiger partial charge in [-0.3, -0.25) is 0 Å². The SMILES string of the molecule is [CH2]C1(O)C=CC=CC1. The third kappa shape index (κ3) is 1.20. The largest absolute Gasteiger partial charge is 0.385 e. The summed E-state index contributed by atoms with van der Waals surface area (Å²) in [4.78, 5) is 0. The molecule has 1 rings (SSSR count). The van der Waals surface area contributed by atoms with Gasteiger partial charge in [0.05, 0.1) is 5.60 Å². The second-order valence-corrected chi connectivity index (χ2v) is 2.09. The van der Waals surface area contributed by atoms with Gasteiger partial charge in [-0.1, -0.05) is 24.3 Å². The van der Waals surface area contributed by atoms with Gasteiger partial charge >= 0.3 is 0 Å². The van der Waals surface area contributed by atoms with Crippen LogP contribution in [0.5, 0.6) is 0 Å². The van der Waals surface area contributed by atoms with Crippen molar-refractivity contribution in [1.82, 2.24) is 0 Å². The molecule has 0 saturated carbocycles. The van der Waals surface area contributed by atoms with Crippen LogP contribution in [0.4, 0.5) is 0 Å².